The summed E-state index contributed by atoms with van der Waals surface area (Å²) in [5.41, 5.74) is 0.306. The molecule has 0 aromatic rings. The van der Waals surface area contributed by atoms with E-state index in [4.69, 9.17) is 0 Å². The lowest BCUT2D eigenvalue weighted by Gasteiger charge is -1.90. The third-order valence-corrected chi connectivity index (χ3v) is 0.902. The van der Waals surface area contributed by atoms with E-state index in [0.717, 1.165) is 0 Å². The molecule has 3 heteroatoms. The molecule has 0 aliphatic heterocycles. The van der Waals surface area contributed by atoms with E-state index in [1.165, 1.54) is 6.92 Å². The minimum atomic E-state index is -0.906. The van der Waals surface area contributed by atoms with Crippen molar-refractivity contribution in [2.75, 3.05) is 0 Å². The smallest absolute Gasteiger partial charge is 0.250 e. The van der Waals surface area contributed by atoms with Crippen LogP contribution < -0.4 is 0 Å². The second-order valence-electron chi connectivity index (χ2n) is 1.66. The average Bonchev–Trinajstić information content (AvgIpc) is 1.87. The highest BCUT2D eigenvalue weighted by atomic mass is 19.3. The van der Waals surface area contributed by atoms with E-state index >= 15 is 0 Å². The molecule has 0 saturated carbocycles. The predicted molar refractivity (Wildman–Crippen MR) is 31.2 cm³/mol. The Bertz CT molecular complexity index is 129. The topological polar surface area (TPSA) is 26.3 Å². The molecular weight excluding hydrogens is 123 g/mol. The lowest BCUT2D eigenvalue weighted by Crippen LogP contribution is -1.97. The molecule has 0 fully saturated rings. The van der Waals surface area contributed by atoms with Crippen molar-refractivity contribution in [2.45, 2.75) is 20.3 Å². The summed E-state index contributed by atoms with van der Waals surface area (Å²) in [7, 11) is 0. The number of halogens is 1. The number of carbonyl (C=O) groups is 1. The second kappa shape index (κ2) is 4.06. The Hall–Kier alpha value is -0.860. The van der Waals surface area contributed by atoms with Gasteiger partial charge in [0.1, 0.15) is 0 Å². The Kier molecular flexibility index (Phi) is 3.67. The Morgan fingerprint density at radius 2 is 2.33 bits per heavy atom. The molecule has 0 atom stereocenters. The third-order valence-electron chi connectivity index (χ3n) is 0.902. The zero-order valence-corrected chi connectivity index (χ0v) is 5.48. The molecule has 0 heterocycles. The number of rotatable bonds is 2. The minimum Gasteiger partial charge on any atom is -0.250 e. The minimum absolute atomic E-state index is 0.306. The van der Waals surface area contributed by atoms with Crippen LogP contribution in [0.1, 0.15) is 20.3 Å². The molecule has 0 amide bonds. The maximum Gasteiger partial charge on any atom is 0.374 e. The van der Waals surface area contributed by atoms with Gasteiger partial charge in [0.15, 0.2) is 0 Å². The van der Waals surface area contributed by atoms with Crippen molar-refractivity contribution >= 4 is 5.97 Å². The molecule has 0 N–H and O–H groups in total. The molecule has 0 aromatic carbocycles. The van der Waals surface area contributed by atoms with Crippen molar-refractivity contribution in [3.63, 3.8) is 0 Å². The van der Waals surface area contributed by atoms with Crippen molar-refractivity contribution in [2.24, 2.45) is 0 Å². The molecule has 0 aliphatic rings. The lowest BCUT2D eigenvalue weighted by molar-refractivity contribution is -0.178. The summed E-state index contributed by atoms with van der Waals surface area (Å²) in [6.07, 6.45) is 2.31. The molecule has 0 radical (unpaired) electrons. The van der Waals surface area contributed by atoms with Crippen LogP contribution in [0.25, 0.3) is 0 Å². The summed E-state index contributed by atoms with van der Waals surface area (Å²) in [6.45, 7) is 3.36. The largest absolute Gasteiger partial charge is 0.374 e. The molecule has 9 heavy (non-hydrogen) atoms. The maximum atomic E-state index is 11.1. The van der Waals surface area contributed by atoms with Gasteiger partial charge in [0, 0.05) is 10.1 Å². The molecule has 0 bridgehead atoms. The highest BCUT2D eigenvalue weighted by Crippen LogP contribution is 1.97. The monoisotopic (exact) mass is 132 g/mol. The zero-order valence-electron chi connectivity index (χ0n) is 5.48. The fourth-order valence-corrected chi connectivity index (χ4v) is 0.450. The molecule has 52 valence electrons. The van der Waals surface area contributed by atoms with Gasteiger partial charge in [-0.05, 0) is 13.3 Å². The number of hydrogen-bond acceptors (Lipinski definition) is 2. The Labute approximate surface area is 53.2 Å². The van der Waals surface area contributed by atoms with Gasteiger partial charge < -0.3 is 0 Å². The molecule has 0 aromatic heterocycles. The zero-order chi connectivity index (χ0) is 7.28. The number of hydrogen-bond donors (Lipinski definition) is 0. The molecular formula is C6H9FO2. The van der Waals surface area contributed by atoms with Crippen molar-refractivity contribution in [1.82, 2.24) is 0 Å². The van der Waals surface area contributed by atoms with Gasteiger partial charge in [0.2, 0.25) is 0 Å². The Balaban J connectivity index is 3.86. The van der Waals surface area contributed by atoms with Crippen LogP contribution in [-0.2, 0) is 9.74 Å². The molecule has 0 rings (SSSR count). The first-order chi connectivity index (χ1) is 4.22. The molecule has 0 saturated heterocycles. The summed E-state index contributed by atoms with van der Waals surface area (Å²) in [5, 5.41) is 0. The predicted octanol–water partition coefficient (Wildman–Crippen LogP) is 1.77. The second-order valence-corrected chi connectivity index (χ2v) is 1.66. The van der Waals surface area contributed by atoms with E-state index < -0.39 is 5.97 Å². The first-order valence-corrected chi connectivity index (χ1v) is 2.72. The van der Waals surface area contributed by atoms with E-state index in [1.807, 2.05) is 6.92 Å². The Morgan fingerprint density at radius 1 is 1.78 bits per heavy atom. The van der Waals surface area contributed by atoms with Crippen LogP contribution in [0.5, 0.6) is 0 Å². The first-order valence-electron chi connectivity index (χ1n) is 2.72. The quantitative estimate of drug-likeness (QED) is 0.535. The normalized spacial score (nSPS) is 11.2. The number of allylic oxidation sites excluding steroid dienone is 1. The van der Waals surface area contributed by atoms with Crippen LogP contribution in [-0.4, -0.2) is 5.97 Å². The van der Waals surface area contributed by atoms with Gasteiger partial charge in [-0.25, -0.2) is 9.74 Å². The standard InChI is InChI=1S/C6H9FO2/c1-3-4-5(2)6(8)9-7/h4H,3H2,1-2H3. The van der Waals surface area contributed by atoms with Crippen LogP contribution in [0.3, 0.4) is 0 Å². The summed E-state index contributed by atoms with van der Waals surface area (Å²) >= 11 is 0. The van der Waals surface area contributed by atoms with Gasteiger partial charge in [0.25, 0.3) is 0 Å². The average molecular weight is 132 g/mol. The van der Waals surface area contributed by atoms with Crippen LogP contribution in [0.15, 0.2) is 11.6 Å². The SMILES string of the molecule is CCC=C(C)C(=O)OF. The van der Waals surface area contributed by atoms with Crippen molar-refractivity contribution in [3.05, 3.63) is 11.6 Å². The highest BCUT2D eigenvalue weighted by molar-refractivity contribution is 5.87. The van der Waals surface area contributed by atoms with Crippen molar-refractivity contribution in [1.29, 1.82) is 0 Å². The van der Waals surface area contributed by atoms with Gasteiger partial charge >= 0.3 is 5.97 Å². The van der Waals surface area contributed by atoms with Crippen LogP contribution in [0, 0.1) is 0 Å². The maximum absolute atomic E-state index is 11.1. The van der Waals surface area contributed by atoms with E-state index in [1.54, 1.807) is 6.08 Å². The van der Waals surface area contributed by atoms with Crippen LogP contribution >= 0.6 is 0 Å². The van der Waals surface area contributed by atoms with Crippen LogP contribution in [0.4, 0.5) is 4.53 Å². The van der Waals surface area contributed by atoms with Gasteiger partial charge in [-0.1, -0.05) is 13.0 Å². The van der Waals surface area contributed by atoms with E-state index in [2.05, 4.69) is 4.94 Å². The van der Waals surface area contributed by atoms with E-state index in [9.17, 15) is 9.32 Å². The van der Waals surface area contributed by atoms with Crippen LogP contribution in [0.2, 0.25) is 0 Å². The van der Waals surface area contributed by atoms with Crippen molar-refractivity contribution < 1.29 is 14.3 Å². The molecule has 0 aliphatic carbocycles. The van der Waals surface area contributed by atoms with Gasteiger partial charge in [0.05, 0.1) is 0 Å². The van der Waals surface area contributed by atoms with E-state index in [0.29, 0.717) is 12.0 Å². The Morgan fingerprint density at radius 3 is 2.67 bits per heavy atom. The van der Waals surface area contributed by atoms with Crippen molar-refractivity contribution in [3.8, 4) is 0 Å². The molecule has 0 unspecified atom stereocenters. The summed E-state index contributed by atoms with van der Waals surface area (Å²) in [5.74, 6) is -0.906. The fraction of sp³-hybridized carbons (Fsp3) is 0.500. The first kappa shape index (κ1) is 8.14. The van der Waals surface area contributed by atoms with Gasteiger partial charge in [-0.2, -0.15) is 0 Å². The fourth-order valence-electron chi connectivity index (χ4n) is 0.450. The summed E-state index contributed by atoms with van der Waals surface area (Å²) < 4.78 is 11.1. The number of carbonyl (C=O) groups excluding carboxylic acids is 1. The third kappa shape index (κ3) is 2.85. The summed E-state index contributed by atoms with van der Waals surface area (Å²) in [6, 6.07) is 0. The molecule has 0 spiro atoms. The van der Waals surface area contributed by atoms with Gasteiger partial charge in [-0.3, -0.25) is 0 Å². The van der Waals surface area contributed by atoms with Gasteiger partial charge in [-0.15, -0.1) is 0 Å². The molecule has 2 nitrogen and oxygen atoms in total. The summed E-state index contributed by atoms with van der Waals surface area (Å²) in [4.78, 5) is 13.2. The van der Waals surface area contributed by atoms with E-state index in [-0.39, 0.29) is 0 Å². The lowest BCUT2D eigenvalue weighted by atomic mass is 10.2. The highest BCUT2D eigenvalue weighted by Gasteiger charge is 2.03.